The van der Waals surface area contributed by atoms with Crippen LogP contribution in [0.1, 0.15) is 16.1 Å². The zero-order chi connectivity index (χ0) is 22.4. The van der Waals surface area contributed by atoms with Gasteiger partial charge in [-0.1, -0.05) is 6.07 Å². The van der Waals surface area contributed by atoms with Crippen LogP contribution in [0, 0.1) is 5.82 Å². The van der Waals surface area contributed by atoms with Crippen LogP contribution >= 0.6 is 0 Å². The normalized spacial score (nSPS) is 14.6. The Labute approximate surface area is 182 Å². The van der Waals surface area contributed by atoms with Crippen molar-refractivity contribution in [1.82, 2.24) is 29.4 Å². The Morgan fingerprint density at radius 1 is 1.22 bits per heavy atom. The number of aromatic amines is 1. The zero-order valence-corrected chi connectivity index (χ0v) is 17.6. The lowest BCUT2D eigenvalue weighted by molar-refractivity contribution is 0.0137. The van der Waals surface area contributed by atoms with E-state index in [0.717, 1.165) is 0 Å². The molecule has 4 heterocycles. The van der Waals surface area contributed by atoms with Crippen molar-refractivity contribution in [3.63, 3.8) is 0 Å². The second-order valence-corrected chi connectivity index (χ2v) is 8.03. The van der Waals surface area contributed by atoms with Gasteiger partial charge >= 0.3 is 0 Å². The van der Waals surface area contributed by atoms with Crippen molar-refractivity contribution in [3.8, 4) is 5.75 Å². The fourth-order valence-corrected chi connectivity index (χ4v) is 3.84. The van der Waals surface area contributed by atoms with Gasteiger partial charge in [0.25, 0.3) is 11.5 Å². The Balaban J connectivity index is 1.24. The molecule has 0 spiro atoms. The van der Waals surface area contributed by atoms with Crippen LogP contribution in [0.15, 0.2) is 47.5 Å². The van der Waals surface area contributed by atoms with Gasteiger partial charge in [0.2, 0.25) is 0 Å². The highest BCUT2D eigenvalue weighted by molar-refractivity contribution is 5.91. The summed E-state index contributed by atoms with van der Waals surface area (Å²) in [6.07, 6.45) is 3.01. The van der Waals surface area contributed by atoms with Gasteiger partial charge in [0.05, 0.1) is 17.9 Å². The summed E-state index contributed by atoms with van der Waals surface area (Å²) in [4.78, 5) is 34.4. The van der Waals surface area contributed by atoms with Crippen LogP contribution < -0.4 is 10.3 Å². The van der Waals surface area contributed by atoms with Crippen LogP contribution in [0.4, 0.5) is 4.39 Å². The predicted octanol–water partition coefficient (Wildman–Crippen LogP) is 1.67. The van der Waals surface area contributed by atoms with Crippen LogP contribution in [-0.2, 0) is 6.54 Å². The summed E-state index contributed by atoms with van der Waals surface area (Å²) < 4.78 is 22.4. The number of fused-ring (bicyclic) bond motifs is 3. The highest BCUT2D eigenvalue weighted by Gasteiger charge is 2.29. The molecular formula is C22H21FN6O3. The van der Waals surface area contributed by atoms with Gasteiger partial charge in [-0.3, -0.25) is 14.5 Å². The number of likely N-dealkylation sites (tertiary alicyclic amines) is 1. The van der Waals surface area contributed by atoms with E-state index >= 15 is 4.39 Å². The summed E-state index contributed by atoms with van der Waals surface area (Å²) in [5, 5.41) is 4.12. The molecule has 0 saturated carbocycles. The zero-order valence-electron chi connectivity index (χ0n) is 17.6. The molecule has 1 aromatic carbocycles. The topological polar surface area (TPSA) is 95.8 Å². The minimum atomic E-state index is -0.452. The number of rotatable bonds is 5. The van der Waals surface area contributed by atoms with E-state index in [1.165, 1.54) is 21.8 Å². The Bertz CT molecular complexity index is 1370. The number of aromatic nitrogens is 4. The molecular weight excluding hydrogens is 415 g/mol. The van der Waals surface area contributed by atoms with Crippen molar-refractivity contribution in [1.29, 1.82) is 0 Å². The molecule has 9 nitrogen and oxygen atoms in total. The summed E-state index contributed by atoms with van der Waals surface area (Å²) >= 11 is 0. The molecule has 1 N–H and O–H groups in total. The summed E-state index contributed by atoms with van der Waals surface area (Å²) in [5.74, 6) is -0.0345. The van der Waals surface area contributed by atoms with Crippen LogP contribution in [0.3, 0.4) is 0 Å². The van der Waals surface area contributed by atoms with Crippen molar-refractivity contribution < 1.29 is 13.9 Å². The number of H-pyrrole nitrogens is 1. The quantitative estimate of drug-likeness (QED) is 0.511. The molecule has 1 fully saturated rings. The maximum Gasteiger partial charge on any atom is 0.274 e. The van der Waals surface area contributed by atoms with E-state index in [1.807, 2.05) is 0 Å². The Kier molecular flexibility index (Phi) is 4.86. The van der Waals surface area contributed by atoms with Crippen LogP contribution in [0.25, 0.3) is 16.6 Å². The number of hydrogen-bond acceptors (Lipinski definition) is 6. The second kappa shape index (κ2) is 7.72. The molecule has 1 saturated heterocycles. The first kappa shape index (κ1) is 20.1. The fraction of sp³-hybridized carbons (Fsp3) is 0.273. The molecule has 0 atom stereocenters. The van der Waals surface area contributed by atoms with E-state index < -0.39 is 5.82 Å². The Morgan fingerprint density at radius 3 is 2.75 bits per heavy atom. The number of halogens is 1. The van der Waals surface area contributed by atoms with Crippen molar-refractivity contribution in [2.45, 2.75) is 12.6 Å². The number of pyridine rings is 1. The predicted molar refractivity (Wildman–Crippen MR) is 115 cm³/mol. The second-order valence-electron chi connectivity index (χ2n) is 8.03. The molecule has 164 valence electrons. The first-order valence-corrected chi connectivity index (χ1v) is 10.1. The summed E-state index contributed by atoms with van der Waals surface area (Å²) in [7, 11) is 3.34. The van der Waals surface area contributed by atoms with Crippen molar-refractivity contribution in [2.75, 3.05) is 27.2 Å². The van der Waals surface area contributed by atoms with E-state index in [4.69, 9.17) is 4.74 Å². The van der Waals surface area contributed by atoms with E-state index in [1.54, 1.807) is 44.4 Å². The molecule has 3 aromatic heterocycles. The number of ether oxygens (including phenoxy) is 1. The van der Waals surface area contributed by atoms with E-state index in [2.05, 4.69) is 20.0 Å². The molecule has 0 unspecified atom stereocenters. The number of amides is 1. The first-order valence-electron chi connectivity index (χ1n) is 10.1. The molecule has 10 heteroatoms. The van der Waals surface area contributed by atoms with E-state index in [0.29, 0.717) is 47.7 Å². The van der Waals surface area contributed by atoms with Gasteiger partial charge < -0.3 is 14.6 Å². The Hall–Kier alpha value is -3.79. The summed E-state index contributed by atoms with van der Waals surface area (Å²) in [5.41, 5.74) is 1.51. The minimum absolute atomic E-state index is 0.0424. The molecule has 1 amide bonds. The summed E-state index contributed by atoms with van der Waals surface area (Å²) in [6, 6.07) is 8.43. The van der Waals surface area contributed by atoms with E-state index in [-0.39, 0.29) is 23.1 Å². The standard InChI is InChI=1S/C22H21FN6O3/c1-27(2)22(31)16-5-4-14(9-24-16)32-15-11-28(12-15)10-13-3-6-17-20(19(13)23)26-21(30)18-7-8-25-29(17)18/h3-9,15H,10-12H2,1-2H3,(H,26,30). The van der Waals surface area contributed by atoms with Gasteiger partial charge in [0.15, 0.2) is 5.82 Å². The third kappa shape index (κ3) is 3.48. The number of hydrogen-bond donors (Lipinski definition) is 1. The first-order chi connectivity index (χ1) is 15.4. The third-order valence-corrected chi connectivity index (χ3v) is 5.52. The van der Waals surface area contributed by atoms with Gasteiger partial charge in [0, 0.05) is 39.3 Å². The monoisotopic (exact) mass is 436 g/mol. The molecule has 1 aliphatic heterocycles. The number of benzene rings is 1. The van der Waals surface area contributed by atoms with Gasteiger partial charge in [-0.25, -0.2) is 13.9 Å². The van der Waals surface area contributed by atoms with Crippen molar-refractivity contribution in [2.24, 2.45) is 0 Å². The molecule has 1 aliphatic rings. The lowest BCUT2D eigenvalue weighted by Gasteiger charge is -2.39. The molecule has 0 bridgehead atoms. The third-order valence-electron chi connectivity index (χ3n) is 5.52. The van der Waals surface area contributed by atoms with Crippen LogP contribution in [-0.4, -0.2) is 68.6 Å². The van der Waals surface area contributed by atoms with Crippen LogP contribution in [0.5, 0.6) is 5.75 Å². The van der Waals surface area contributed by atoms with Gasteiger partial charge in [0.1, 0.15) is 28.6 Å². The smallest absolute Gasteiger partial charge is 0.274 e. The van der Waals surface area contributed by atoms with Gasteiger partial charge in [-0.05, 0) is 24.3 Å². The van der Waals surface area contributed by atoms with Crippen LogP contribution in [0.2, 0.25) is 0 Å². The largest absolute Gasteiger partial charge is 0.486 e. The Morgan fingerprint density at radius 2 is 2.03 bits per heavy atom. The average molecular weight is 436 g/mol. The molecule has 0 aliphatic carbocycles. The van der Waals surface area contributed by atoms with Gasteiger partial charge in [-0.15, -0.1) is 0 Å². The van der Waals surface area contributed by atoms with Gasteiger partial charge in [-0.2, -0.15) is 5.10 Å². The minimum Gasteiger partial charge on any atom is -0.486 e. The highest BCUT2D eigenvalue weighted by atomic mass is 19.1. The number of carbonyl (C=O) groups is 1. The lowest BCUT2D eigenvalue weighted by Crippen LogP contribution is -2.53. The maximum atomic E-state index is 15.1. The molecule has 5 rings (SSSR count). The molecule has 0 radical (unpaired) electrons. The SMILES string of the molecule is CN(C)C(=O)c1ccc(OC2CN(Cc3ccc4c([nH]c(=O)c5ccnn54)c3F)C2)cn1. The number of nitrogens with one attached hydrogen (secondary N) is 1. The highest BCUT2D eigenvalue weighted by Crippen LogP contribution is 2.24. The lowest BCUT2D eigenvalue weighted by atomic mass is 10.1. The molecule has 4 aromatic rings. The summed E-state index contributed by atoms with van der Waals surface area (Å²) in [6.45, 7) is 1.66. The van der Waals surface area contributed by atoms with E-state index in [9.17, 15) is 9.59 Å². The molecule has 32 heavy (non-hydrogen) atoms. The fourth-order valence-electron chi connectivity index (χ4n) is 3.84. The number of nitrogens with zero attached hydrogens (tertiary/aromatic N) is 5. The van der Waals surface area contributed by atoms with Crippen molar-refractivity contribution in [3.05, 3.63) is 70.2 Å². The average Bonchev–Trinajstić information content (AvgIpc) is 3.25. The number of carbonyl (C=O) groups excluding carboxylic acids is 1. The maximum absolute atomic E-state index is 15.1. The van der Waals surface area contributed by atoms with Crippen molar-refractivity contribution >= 4 is 22.5 Å².